The van der Waals surface area contributed by atoms with E-state index < -0.39 is 6.04 Å². The van der Waals surface area contributed by atoms with Crippen LogP contribution >= 0.6 is 0 Å². The van der Waals surface area contributed by atoms with Gasteiger partial charge < -0.3 is 5.32 Å². The summed E-state index contributed by atoms with van der Waals surface area (Å²) in [5, 5.41) is 2.96. The number of carbonyl (C=O) groups is 2. The van der Waals surface area contributed by atoms with Gasteiger partial charge >= 0.3 is 0 Å². The molecule has 0 radical (unpaired) electrons. The van der Waals surface area contributed by atoms with E-state index >= 15 is 0 Å². The number of rotatable bonds is 12. The molecule has 0 aromatic carbocycles. The normalized spacial score (nSPS) is 15.3. The number of ketones is 1. The maximum atomic E-state index is 12.6. The average molecular weight is 352 g/mol. The molecule has 0 aliphatic carbocycles. The Morgan fingerprint density at radius 3 is 1.96 bits per heavy atom. The zero-order valence-corrected chi connectivity index (χ0v) is 17.8. The fraction of sp³-hybridized carbons (Fsp3) is 0.818. The van der Waals surface area contributed by atoms with Crippen LogP contribution in [-0.4, -0.2) is 17.7 Å². The van der Waals surface area contributed by atoms with Crippen molar-refractivity contribution in [2.24, 2.45) is 29.6 Å². The molecular weight excluding hydrogens is 310 g/mol. The molecule has 3 atom stereocenters. The van der Waals surface area contributed by atoms with Crippen LogP contribution in [0.15, 0.2) is 12.2 Å². The molecule has 0 saturated heterocycles. The lowest BCUT2D eigenvalue weighted by atomic mass is 9.83. The van der Waals surface area contributed by atoms with Crippen LogP contribution in [0.5, 0.6) is 0 Å². The van der Waals surface area contributed by atoms with Gasteiger partial charge in [-0.25, -0.2) is 0 Å². The van der Waals surface area contributed by atoms with Crippen molar-refractivity contribution in [2.45, 2.75) is 87.1 Å². The van der Waals surface area contributed by atoms with E-state index in [1.807, 2.05) is 6.92 Å². The highest BCUT2D eigenvalue weighted by Crippen LogP contribution is 2.26. The second-order valence-electron chi connectivity index (χ2n) is 8.60. The SMILES string of the molecule is C=C(C(C)C)[C@H](CCC)CC(=O)[C@H](C)NC(=O)[C@@H](CC(C)C)C(C)C. The molecule has 0 rings (SSSR count). The quantitative estimate of drug-likeness (QED) is 0.479. The summed E-state index contributed by atoms with van der Waals surface area (Å²) in [7, 11) is 0. The van der Waals surface area contributed by atoms with Gasteiger partial charge in [0.25, 0.3) is 0 Å². The molecule has 1 amide bonds. The predicted octanol–water partition coefficient (Wildman–Crippen LogP) is 5.40. The predicted molar refractivity (Wildman–Crippen MR) is 107 cm³/mol. The number of nitrogens with one attached hydrogen (secondary N) is 1. The van der Waals surface area contributed by atoms with E-state index in [9.17, 15) is 9.59 Å². The van der Waals surface area contributed by atoms with Crippen LogP contribution in [0.1, 0.15) is 81.1 Å². The third kappa shape index (κ3) is 8.69. The minimum absolute atomic E-state index is 0.0132. The Morgan fingerprint density at radius 1 is 1.00 bits per heavy atom. The summed E-state index contributed by atoms with van der Waals surface area (Å²) in [6, 6.07) is -0.430. The van der Waals surface area contributed by atoms with Crippen molar-refractivity contribution in [3.8, 4) is 0 Å². The molecule has 0 heterocycles. The molecule has 0 fully saturated rings. The lowest BCUT2D eigenvalue weighted by Gasteiger charge is -2.26. The summed E-state index contributed by atoms with van der Waals surface area (Å²) >= 11 is 0. The zero-order chi connectivity index (χ0) is 19.7. The molecule has 0 aromatic heterocycles. The van der Waals surface area contributed by atoms with Crippen LogP contribution in [0.4, 0.5) is 0 Å². The third-order valence-corrected chi connectivity index (χ3v) is 5.06. The Labute approximate surface area is 156 Å². The fourth-order valence-corrected chi connectivity index (χ4v) is 3.25. The smallest absolute Gasteiger partial charge is 0.223 e. The Kier molecular flexibility index (Phi) is 11.0. The monoisotopic (exact) mass is 351 g/mol. The van der Waals surface area contributed by atoms with E-state index in [0.29, 0.717) is 18.3 Å². The van der Waals surface area contributed by atoms with Gasteiger partial charge in [0.15, 0.2) is 5.78 Å². The lowest BCUT2D eigenvalue weighted by molar-refractivity contribution is -0.131. The van der Waals surface area contributed by atoms with E-state index in [1.54, 1.807) is 0 Å². The maximum Gasteiger partial charge on any atom is 0.223 e. The van der Waals surface area contributed by atoms with Gasteiger partial charge in [0.2, 0.25) is 5.91 Å². The first-order chi connectivity index (χ1) is 11.5. The first kappa shape index (κ1) is 23.9. The number of allylic oxidation sites excluding steroid dienone is 1. The molecule has 0 aliphatic rings. The van der Waals surface area contributed by atoms with Crippen molar-refractivity contribution < 1.29 is 9.59 Å². The van der Waals surface area contributed by atoms with E-state index in [-0.39, 0.29) is 29.4 Å². The van der Waals surface area contributed by atoms with Crippen molar-refractivity contribution in [2.75, 3.05) is 0 Å². The molecule has 1 N–H and O–H groups in total. The number of Topliss-reactive ketones (excluding diaryl/α,β-unsaturated/α-hetero) is 1. The van der Waals surface area contributed by atoms with E-state index in [1.165, 1.54) is 0 Å². The molecule has 0 bridgehead atoms. The Balaban J connectivity index is 4.86. The molecular formula is C22H41NO2. The van der Waals surface area contributed by atoms with Gasteiger partial charge in [0.05, 0.1) is 6.04 Å². The summed E-state index contributed by atoms with van der Waals surface area (Å²) in [5.74, 6) is 1.43. The van der Waals surface area contributed by atoms with Gasteiger partial charge in [-0.15, -0.1) is 0 Å². The largest absolute Gasteiger partial charge is 0.346 e. The number of amides is 1. The second-order valence-corrected chi connectivity index (χ2v) is 8.60. The summed E-state index contributed by atoms with van der Waals surface area (Å²) in [6.45, 7) is 20.8. The molecule has 0 unspecified atom stereocenters. The van der Waals surface area contributed by atoms with Crippen LogP contribution in [0.2, 0.25) is 0 Å². The summed E-state index contributed by atoms with van der Waals surface area (Å²) in [5.41, 5.74) is 1.15. The number of hydrogen-bond donors (Lipinski definition) is 1. The summed E-state index contributed by atoms with van der Waals surface area (Å²) < 4.78 is 0. The molecule has 25 heavy (non-hydrogen) atoms. The minimum Gasteiger partial charge on any atom is -0.346 e. The first-order valence-electron chi connectivity index (χ1n) is 10.0. The van der Waals surface area contributed by atoms with E-state index in [0.717, 1.165) is 24.8 Å². The summed E-state index contributed by atoms with van der Waals surface area (Å²) in [4.78, 5) is 25.3. The van der Waals surface area contributed by atoms with Crippen molar-refractivity contribution >= 4 is 11.7 Å². The van der Waals surface area contributed by atoms with Crippen LogP contribution in [0.25, 0.3) is 0 Å². The van der Waals surface area contributed by atoms with Gasteiger partial charge in [0.1, 0.15) is 0 Å². The van der Waals surface area contributed by atoms with Gasteiger partial charge in [-0.3, -0.25) is 9.59 Å². The molecule has 3 nitrogen and oxygen atoms in total. The molecule has 0 aromatic rings. The van der Waals surface area contributed by atoms with Crippen LogP contribution in [0.3, 0.4) is 0 Å². The number of hydrogen-bond acceptors (Lipinski definition) is 2. The van der Waals surface area contributed by atoms with Gasteiger partial charge in [-0.2, -0.15) is 0 Å². The van der Waals surface area contributed by atoms with E-state index in [2.05, 4.69) is 60.4 Å². The zero-order valence-electron chi connectivity index (χ0n) is 17.8. The van der Waals surface area contributed by atoms with Crippen LogP contribution in [0, 0.1) is 29.6 Å². The van der Waals surface area contributed by atoms with Crippen molar-refractivity contribution in [1.29, 1.82) is 0 Å². The molecule has 146 valence electrons. The Morgan fingerprint density at radius 2 is 1.56 bits per heavy atom. The Bertz CT molecular complexity index is 437. The average Bonchev–Trinajstić information content (AvgIpc) is 2.50. The van der Waals surface area contributed by atoms with Crippen LogP contribution in [-0.2, 0) is 9.59 Å². The lowest BCUT2D eigenvalue weighted by Crippen LogP contribution is -2.44. The number of carbonyl (C=O) groups excluding carboxylic acids is 2. The van der Waals surface area contributed by atoms with E-state index in [4.69, 9.17) is 0 Å². The second kappa shape index (κ2) is 11.5. The highest BCUT2D eigenvalue weighted by Gasteiger charge is 2.27. The van der Waals surface area contributed by atoms with Crippen LogP contribution < -0.4 is 5.32 Å². The molecule has 0 aliphatic heterocycles. The third-order valence-electron chi connectivity index (χ3n) is 5.06. The standard InChI is InChI=1S/C22H41NO2/c1-10-11-19(17(8)15(4)5)13-21(24)18(9)23-22(25)20(16(6)7)12-14(2)3/h14-16,18-20H,8,10-13H2,1-7,9H3,(H,23,25)/t18-,19+,20-/m0/s1. The minimum atomic E-state index is -0.430. The van der Waals surface area contributed by atoms with Crippen molar-refractivity contribution in [3.63, 3.8) is 0 Å². The van der Waals surface area contributed by atoms with Crippen molar-refractivity contribution in [1.82, 2.24) is 5.32 Å². The topological polar surface area (TPSA) is 46.2 Å². The van der Waals surface area contributed by atoms with Gasteiger partial charge in [0, 0.05) is 12.3 Å². The van der Waals surface area contributed by atoms with Crippen molar-refractivity contribution in [3.05, 3.63) is 12.2 Å². The molecule has 0 spiro atoms. The first-order valence-corrected chi connectivity index (χ1v) is 10.0. The highest BCUT2D eigenvalue weighted by molar-refractivity contribution is 5.89. The maximum absolute atomic E-state index is 12.6. The highest BCUT2D eigenvalue weighted by atomic mass is 16.2. The van der Waals surface area contributed by atoms with Gasteiger partial charge in [-0.1, -0.05) is 67.0 Å². The molecule has 0 saturated carbocycles. The fourth-order valence-electron chi connectivity index (χ4n) is 3.25. The summed E-state index contributed by atoms with van der Waals surface area (Å²) in [6.07, 6.45) is 3.34. The molecule has 3 heteroatoms. The van der Waals surface area contributed by atoms with Gasteiger partial charge in [-0.05, 0) is 43.4 Å². The Hall–Kier alpha value is -1.12.